The Bertz CT molecular complexity index is 770. The third-order valence-corrected chi connectivity index (χ3v) is 5.49. The summed E-state index contributed by atoms with van der Waals surface area (Å²) in [7, 11) is 0. The number of rotatable bonds is 4. The van der Waals surface area contributed by atoms with E-state index in [1.807, 2.05) is 41.3 Å². The van der Waals surface area contributed by atoms with Crippen LogP contribution in [-0.2, 0) is 11.3 Å². The van der Waals surface area contributed by atoms with E-state index in [4.69, 9.17) is 16.0 Å². The van der Waals surface area contributed by atoms with Gasteiger partial charge in [0.15, 0.2) is 0 Å². The van der Waals surface area contributed by atoms with Crippen molar-refractivity contribution in [3.05, 3.63) is 47.2 Å². The predicted octanol–water partition coefficient (Wildman–Crippen LogP) is 3.00. The number of carbonyl (C=O) groups is 1. The molecule has 0 bridgehead atoms. The molecule has 0 unspecified atom stereocenters. The number of nitrogens with one attached hydrogen (secondary N) is 1. The number of nitrogens with zero attached hydrogens (tertiary/aromatic N) is 2. The quantitative estimate of drug-likeness (QED) is 0.895. The van der Waals surface area contributed by atoms with E-state index in [0.717, 1.165) is 62.6 Å². The lowest BCUT2D eigenvalue weighted by Gasteiger charge is -2.34. The van der Waals surface area contributed by atoms with Crippen LogP contribution < -0.4 is 5.32 Å². The van der Waals surface area contributed by atoms with Crippen LogP contribution in [-0.4, -0.2) is 54.5 Å². The molecule has 0 radical (unpaired) electrons. The number of carbonyl (C=O) groups excluding carboxylic acids is 1. The highest BCUT2D eigenvalue weighted by atomic mass is 35.5. The normalized spacial score (nSPS) is 21.3. The standard InChI is InChI=1S/C20H24ClN3O2/c21-17-6-2-1-5-16(17)19-8-7-15(26-19)13-23-12-9-22-18(14-23)20(25)24-10-3-4-11-24/h1-2,5-8,18,22H,3-4,9-14H2/t18-/m0/s1. The molecule has 0 aliphatic carbocycles. The average molecular weight is 374 g/mol. The molecule has 2 fully saturated rings. The summed E-state index contributed by atoms with van der Waals surface area (Å²) in [6, 6.07) is 11.5. The smallest absolute Gasteiger partial charge is 0.241 e. The number of furan rings is 1. The maximum atomic E-state index is 12.6. The van der Waals surface area contributed by atoms with Gasteiger partial charge in [0.05, 0.1) is 17.6 Å². The molecule has 2 aliphatic rings. The van der Waals surface area contributed by atoms with Crippen LogP contribution in [0.5, 0.6) is 0 Å². The maximum Gasteiger partial charge on any atom is 0.241 e. The Morgan fingerprint density at radius 3 is 2.77 bits per heavy atom. The summed E-state index contributed by atoms with van der Waals surface area (Å²) in [5.41, 5.74) is 0.905. The van der Waals surface area contributed by atoms with E-state index in [9.17, 15) is 4.79 Å². The van der Waals surface area contributed by atoms with Crippen molar-refractivity contribution in [2.24, 2.45) is 0 Å². The van der Waals surface area contributed by atoms with Crippen molar-refractivity contribution in [3.63, 3.8) is 0 Å². The first-order valence-corrected chi connectivity index (χ1v) is 9.66. The van der Waals surface area contributed by atoms with Crippen LogP contribution in [0.2, 0.25) is 5.02 Å². The van der Waals surface area contributed by atoms with Gasteiger partial charge in [-0.25, -0.2) is 0 Å². The van der Waals surface area contributed by atoms with Crippen LogP contribution in [0.25, 0.3) is 11.3 Å². The van der Waals surface area contributed by atoms with E-state index in [1.54, 1.807) is 0 Å². The second-order valence-electron chi connectivity index (χ2n) is 7.02. The van der Waals surface area contributed by atoms with E-state index >= 15 is 0 Å². The van der Waals surface area contributed by atoms with Crippen LogP contribution in [0, 0.1) is 0 Å². The van der Waals surface area contributed by atoms with E-state index in [2.05, 4.69) is 10.2 Å². The number of likely N-dealkylation sites (tertiary alicyclic amines) is 1. The zero-order chi connectivity index (χ0) is 17.9. The second kappa shape index (κ2) is 7.82. The number of hydrogen-bond acceptors (Lipinski definition) is 4. The van der Waals surface area contributed by atoms with Gasteiger partial charge in [-0.1, -0.05) is 23.7 Å². The molecule has 1 aromatic carbocycles. The molecule has 2 aromatic rings. The molecule has 0 saturated carbocycles. The van der Waals surface area contributed by atoms with Crippen LogP contribution in [0.1, 0.15) is 18.6 Å². The molecular formula is C20H24ClN3O2. The summed E-state index contributed by atoms with van der Waals surface area (Å²) < 4.78 is 6.01. The molecule has 2 saturated heterocycles. The summed E-state index contributed by atoms with van der Waals surface area (Å²) in [5.74, 6) is 1.92. The molecule has 138 valence electrons. The molecule has 26 heavy (non-hydrogen) atoms. The Kier molecular flexibility index (Phi) is 5.29. The van der Waals surface area contributed by atoms with Gasteiger partial charge >= 0.3 is 0 Å². The van der Waals surface area contributed by atoms with E-state index in [-0.39, 0.29) is 11.9 Å². The Morgan fingerprint density at radius 1 is 1.15 bits per heavy atom. The van der Waals surface area contributed by atoms with Crippen molar-refractivity contribution in [2.45, 2.75) is 25.4 Å². The van der Waals surface area contributed by atoms with E-state index in [0.29, 0.717) is 11.6 Å². The van der Waals surface area contributed by atoms with Gasteiger partial charge in [-0.15, -0.1) is 0 Å². The largest absolute Gasteiger partial charge is 0.460 e. The summed E-state index contributed by atoms with van der Waals surface area (Å²) in [5, 5.41) is 4.06. The van der Waals surface area contributed by atoms with E-state index < -0.39 is 0 Å². The Hall–Kier alpha value is -1.82. The first-order valence-electron chi connectivity index (χ1n) is 9.29. The summed E-state index contributed by atoms with van der Waals surface area (Å²) in [6.07, 6.45) is 2.25. The summed E-state index contributed by atoms with van der Waals surface area (Å²) >= 11 is 6.26. The predicted molar refractivity (Wildman–Crippen MR) is 102 cm³/mol. The number of piperazine rings is 1. The van der Waals surface area contributed by atoms with Gasteiger partial charge in [-0.2, -0.15) is 0 Å². The molecule has 1 atom stereocenters. The SMILES string of the molecule is O=C([C@@H]1CN(Cc2ccc(-c3ccccc3Cl)o2)CCN1)N1CCCC1. The molecule has 1 amide bonds. The Balaban J connectivity index is 1.39. The highest BCUT2D eigenvalue weighted by molar-refractivity contribution is 6.33. The summed E-state index contributed by atoms with van der Waals surface area (Å²) in [6.45, 7) is 4.95. The Morgan fingerprint density at radius 2 is 1.96 bits per heavy atom. The zero-order valence-corrected chi connectivity index (χ0v) is 15.5. The molecule has 5 nitrogen and oxygen atoms in total. The van der Waals surface area contributed by atoms with Crippen LogP contribution in [0.3, 0.4) is 0 Å². The second-order valence-corrected chi connectivity index (χ2v) is 7.43. The van der Waals surface area contributed by atoms with Crippen molar-refractivity contribution in [1.82, 2.24) is 15.1 Å². The number of amides is 1. The topological polar surface area (TPSA) is 48.7 Å². The van der Waals surface area contributed by atoms with Crippen molar-refractivity contribution < 1.29 is 9.21 Å². The van der Waals surface area contributed by atoms with Gasteiger partial charge in [0.1, 0.15) is 11.5 Å². The molecule has 4 rings (SSSR count). The molecule has 1 N–H and O–H groups in total. The highest BCUT2D eigenvalue weighted by Crippen LogP contribution is 2.29. The third kappa shape index (κ3) is 3.80. The van der Waals surface area contributed by atoms with Crippen molar-refractivity contribution in [1.29, 1.82) is 0 Å². The van der Waals surface area contributed by atoms with Crippen LogP contribution in [0.4, 0.5) is 0 Å². The first kappa shape index (κ1) is 17.6. The lowest BCUT2D eigenvalue weighted by Crippen LogP contribution is -2.57. The lowest BCUT2D eigenvalue weighted by molar-refractivity contribution is -0.133. The van der Waals surface area contributed by atoms with Crippen LogP contribution >= 0.6 is 11.6 Å². The fraction of sp³-hybridized carbons (Fsp3) is 0.450. The number of benzene rings is 1. The van der Waals surface area contributed by atoms with Gasteiger partial charge in [0.2, 0.25) is 5.91 Å². The minimum Gasteiger partial charge on any atom is -0.460 e. The minimum absolute atomic E-state index is 0.111. The fourth-order valence-electron chi connectivity index (χ4n) is 3.77. The monoisotopic (exact) mass is 373 g/mol. The Labute approximate surface area is 158 Å². The molecule has 1 aromatic heterocycles. The van der Waals surface area contributed by atoms with Gasteiger partial charge < -0.3 is 14.6 Å². The average Bonchev–Trinajstić information content (AvgIpc) is 3.34. The fourth-order valence-corrected chi connectivity index (χ4v) is 4.00. The molecule has 0 spiro atoms. The van der Waals surface area contributed by atoms with Gasteiger partial charge in [-0.05, 0) is 37.1 Å². The van der Waals surface area contributed by atoms with Gasteiger partial charge in [0.25, 0.3) is 0 Å². The highest BCUT2D eigenvalue weighted by Gasteiger charge is 2.30. The van der Waals surface area contributed by atoms with Gasteiger partial charge in [0, 0.05) is 38.3 Å². The molecule has 2 aliphatic heterocycles. The lowest BCUT2D eigenvalue weighted by atomic mass is 10.1. The van der Waals surface area contributed by atoms with Crippen molar-refractivity contribution >= 4 is 17.5 Å². The maximum absolute atomic E-state index is 12.6. The molecular weight excluding hydrogens is 350 g/mol. The number of hydrogen-bond donors (Lipinski definition) is 1. The molecule has 6 heteroatoms. The van der Waals surface area contributed by atoms with E-state index in [1.165, 1.54) is 0 Å². The number of halogens is 1. The minimum atomic E-state index is -0.111. The zero-order valence-electron chi connectivity index (χ0n) is 14.8. The van der Waals surface area contributed by atoms with Crippen molar-refractivity contribution in [2.75, 3.05) is 32.7 Å². The third-order valence-electron chi connectivity index (χ3n) is 5.16. The first-order chi connectivity index (χ1) is 12.7. The van der Waals surface area contributed by atoms with Crippen molar-refractivity contribution in [3.8, 4) is 11.3 Å². The summed E-state index contributed by atoms with van der Waals surface area (Å²) in [4.78, 5) is 16.9. The molecule has 3 heterocycles. The van der Waals surface area contributed by atoms with Gasteiger partial charge in [-0.3, -0.25) is 9.69 Å². The van der Waals surface area contributed by atoms with Crippen LogP contribution in [0.15, 0.2) is 40.8 Å².